The maximum Gasteiger partial charge on any atom is 0.194 e. The Morgan fingerprint density at radius 3 is 0.673 bits per heavy atom. The first-order chi connectivity index (χ1) is 25.3. The molecule has 0 amide bonds. The number of nitrogens with zero attached hydrogens (tertiary/aromatic N) is 1. The van der Waals surface area contributed by atoms with Crippen molar-refractivity contribution in [2.75, 3.05) is 7.05 Å². The summed E-state index contributed by atoms with van der Waals surface area (Å²) in [6.07, 6.45) is 28.8. The predicted octanol–water partition coefficient (Wildman–Crippen LogP) is 13.6. The lowest BCUT2D eigenvalue weighted by molar-refractivity contribution is -0.445. The molecule has 3 nitrogen and oxygen atoms in total. The van der Waals surface area contributed by atoms with Gasteiger partial charge in [-0.2, -0.15) is 0 Å². The highest BCUT2D eigenvalue weighted by Gasteiger charge is 2.33. The second kappa shape index (κ2) is 14.0. The number of rotatable bonds is 8. The second-order valence-electron chi connectivity index (χ2n) is 15.6. The highest BCUT2D eigenvalue weighted by molar-refractivity contribution is 5.88. The van der Waals surface area contributed by atoms with Crippen molar-refractivity contribution in [3.8, 4) is 0 Å². The summed E-state index contributed by atoms with van der Waals surface area (Å²) in [7, 11) is 0.889. The fourth-order valence-corrected chi connectivity index (χ4v) is 10.0. The molecule has 8 bridgehead atoms. The Morgan fingerprint density at radius 1 is 0.385 bits per heavy atom. The fourth-order valence-electron chi connectivity index (χ4n) is 10.0. The van der Waals surface area contributed by atoms with Gasteiger partial charge in [-0.05, 0) is 139 Å². The molecule has 0 aliphatic heterocycles. The Labute approximate surface area is 310 Å². The third-order valence-corrected chi connectivity index (χ3v) is 12.2. The molecular formula is C49H51NO2. The van der Waals surface area contributed by atoms with Gasteiger partial charge in [-0.1, -0.05) is 126 Å². The molecule has 0 saturated heterocycles. The lowest BCUT2D eigenvalue weighted by Gasteiger charge is -2.29. The molecule has 3 heteroatoms. The molecule has 9 rings (SSSR count). The van der Waals surface area contributed by atoms with E-state index in [4.69, 9.17) is 10.1 Å². The smallest absolute Gasteiger partial charge is 0.194 e. The lowest BCUT2D eigenvalue weighted by atomic mass is 9.74. The van der Waals surface area contributed by atoms with Gasteiger partial charge in [0.25, 0.3) is 0 Å². The maximum absolute atomic E-state index is 8.81. The van der Waals surface area contributed by atoms with E-state index < -0.39 is 4.92 Å². The van der Waals surface area contributed by atoms with Gasteiger partial charge in [-0.15, -0.1) is 0 Å². The van der Waals surface area contributed by atoms with E-state index in [0.29, 0.717) is 23.7 Å². The van der Waals surface area contributed by atoms with Crippen LogP contribution in [0.15, 0.2) is 48.5 Å². The molecule has 0 saturated carbocycles. The van der Waals surface area contributed by atoms with Crippen molar-refractivity contribution in [3.63, 3.8) is 0 Å². The van der Waals surface area contributed by atoms with Gasteiger partial charge in [0.2, 0.25) is 0 Å². The van der Waals surface area contributed by atoms with Gasteiger partial charge in [0.1, 0.15) is 0 Å². The molecule has 264 valence electrons. The lowest BCUT2D eigenvalue weighted by Crippen LogP contribution is -2.13. The molecule has 0 aromatic heterocycles. The second-order valence-corrected chi connectivity index (χ2v) is 15.6. The van der Waals surface area contributed by atoms with E-state index in [-0.39, 0.29) is 0 Å². The van der Waals surface area contributed by atoms with Crippen molar-refractivity contribution in [2.45, 2.75) is 103 Å². The van der Waals surface area contributed by atoms with Gasteiger partial charge in [-0.3, -0.25) is 10.1 Å². The van der Waals surface area contributed by atoms with Crippen molar-refractivity contribution in [3.05, 3.63) is 148 Å². The molecule has 52 heavy (non-hydrogen) atoms. The van der Waals surface area contributed by atoms with Gasteiger partial charge in [-0.25, -0.2) is 0 Å². The molecule has 4 aromatic carbocycles. The summed E-state index contributed by atoms with van der Waals surface area (Å²) in [4.78, 5) is 8.31. The van der Waals surface area contributed by atoms with E-state index in [0.717, 1.165) is 7.05 Å². The fraction of sp³-hybridized carbons (Fsp3) is 0.347. The van der Waals surface area contributed by atoms with Crippen molar-refractivity contribution < 1.29 is 4.92 Å². The summed E-state index contributed by atoms with van der Waals surface area (Å²) < 4.78 is 0. The zero-order valence-electron chi connectivity index (χ0n) is 31.5. The number of nitro groups is 1. The van der Waals surface area contributed by atoms with Crippen LogP contribution in [0.2, 0.25) is 0 Å². The molecule has 0 unspecified atom stereocenters. The summed E-state index contributed by atoms with van der Waals surface area (Å²) in [5.74, 6) is 1.55. The maximum atomic E-state index is 8.81. The normalized spacial score (nSPS) is 20.1. The molecular weight excluding hydrogens is 635 g/mol. The van der Waals surface area contributed by atoms with Crippen LogP contribution in [0.5, 0.6) is 0 Å². The van der Waals surface area contributed by atoms with E-state index in [2.05, 4.69) is 125 Å². The molecule has 5 aliphatic carbocycles. The number of hydrogen-bond donors (Lipinski definition) is 0. The first-order valence-electron chi connectivity index (χ1n) is 19.8. The van der Waals surface area contributed by atoms with Crippen LogP contribution in [0.25, 0.3) is 48.6 Å². The minimum Gasteiger partial charge on any atom is -0.265 e. The molecule has 0 spiro atoms. The van der Waals surface area contributed by atoms with E-state index in [9.17, 15) is 0 Å². The molecule has 4 aromatic rings. The van der Waals surface area contributed by atoms with Crippen LogP contribution in [0.1, 0.15) is 192 Å². The van der Waals surface area contributed by atoms with Crippen LogP contribution in [0.3, 0.4) is 0 Å². The number of benzene rings is 4. The monoisotopic (exact) mass is 685 g/mol. The van der Waals surface area contributed by atoms with Gasteiger partial charge in [0, 0.05) is 28.6 Å². The van der Waals surface area contributed by atoms with Crippen LogP contribution in [-0.4, -0.2) is 12.0 Å². The van der Waals surface area contributed by atoms with Crippen molar-refractivity contribution in [1.29, 1.82) is 0 Å². The average molecular weight is 686 g/mol. The highest BCUT2D eigenvalue weighted by atomic mass is 16.6. The Hall–Kier alpha value is -4.76. The first kappa shape index (κ1) is 34.3. The van der Waals surface area contributed by atoms with Crippen LogP contribution >= 0.6 is 0 Å². The molecule has 0 heterocycles. The SMILES string of the molecule is CCCC1c2cc3c4cc2C=Cc2cc5c(cc21)C(CCC)c1cc2c(cc1C=C5)C=Cc1cc(c(cc1C2CCC)C3CCC)C=C4.C[N+](=O)[O-]. The summed E-state index contributed by atoms with van der Waals surface area (Å²) >= 11 is 0. The van der Waals surface area contributed by atoms with Crippen LogP contribution < -0.4 is 0 Å². The van der Waals surface area contributed by atoms with Crippen molar-refractivity contribution >= 4 is 48.6 Å². The summed E-state index contributed by atoms with van der Waals surface area (Å²) in [6.45, 7) is 9.48. The van der Waals surface area contributed by atoms with E-state index >= 15 is 0 Å². The topological polar surface area (TPSA) is 43.1 Å². The zero-order chi connectivity index (χ0) is 36.1. The molecule has 0 radical (unpaired) electrons. The molecule has 0 N–H and O–H groups in total. The third-order valence-electron chi connectivity index (χ3n) is 12.2. The molecule has 0 atom stereocenters. The number of hydrogen-bond acceptors (Lipinski definition) is 2. The average Bonchev–Trinajstić information content (AvgIpc) is 3.50. The summed E-state index contributed by atoms with van der Waals surface area (Å²) in [5, 5.41) is 8.81. The van der Waals surface area contributed by atoms with Crippen LogP contribution in [-0.2, 0) is 0 Å². The molecule has 5 aliphatic rings. The third kappa shape index (κ3) is 5.83. The quantitative estimate of drug-likeness (QED) is 0.121. The van der Waals surface area contributed by atoms with Gasteiger partial charge >= 0.3 is 0 Å². The summed E-state index contributed by atoms with van der Waals surface area (Å²) in [5.41, 5.74) is 23.4. The standard InChI is InChI=1S/C48H48.CH3NO2/c1-5-9-37-41-25-43-31-15-17-33-23-35-19-20-36-24-34-18-16-32-22-30(14-13-29(41)21-31)42(37)26-44(32)39(11-7-3)46(34)28-48(36)40(12-8-4)47(35)27-45(33)38(43)10-6-2;1-2(3)4/h13-28,37-40H,5-12H2,1-4H3;1H3. The van der Waals surface area contributed by atoms with Gasteiger partial charge in [0.15, 0.2) is 7.05 Å². The van der Waals surface area contributed by atoms with Crippen molar-refractivity contribution in [1.82, 2.24) is 0 Å². The Balaban J connectivity index is 0.000000922. The van der Waals surface area contributed by atoms with E-state index in [1.807, 2.05) is 0 Å². The van der Waals surface area contributed by atoms with E-state index in [1.54, 1.807) is 0 Å². The highest BCUT2D eigenvalue weighted by Crippen LogP contribution is 2.50. The predicted molar refractivity (Wildman–Crippen MR) is 221 cm³/mol. The summed E-state index contributed by atoms with van der Waals surface area (Å²) in [6, 6.07) is 20.8. The van der Waals surface area contributed by atoms with Crippen molar-refractivity contribution in [2.24, 2.45) is 0 Å². The van der Waals surface area contributed by atoms with Gasteiger partial charge in [0.05, 0.1) is 0 Å². The zero-order valence-corrected chi connectivity index (χ0v) is 31.5. The Kier molecular flexibility index (Phi) is 9.24. The first-order valence-corrected chi connectivity index (χ1v) is 19.8. The Bertz CT molecular complexity index is 1790. The van der Waals surface area contributed by atoms with Crippen LogP contribution in [0, 0.1) is 10.1 Å². The van der Waals surface area contributed by atoms with Crippen LogP contribution in [0.4, 0.5) is 0 Å². The minimum atomic E-state index is -0.500. The minimum absolute atomic E-state index is 0.387. The van der Waals surface area contributed by atoms with Gasteiger partial charge < -0.3 is 0 Å². The molecule has 0 fully saturated rings. The van der Waals surface area contributed by atoms with E-state index in [1.165, 1.54) is 140 Å². The Morgan fingerprint density at radius 2 is 0.538 bits per heavy atom. The largest absolute Gasteiger partial charge is 0.265 e.